The van der Waals surface area contributed by atoms with E-state index in [1.807, 2.05) is 6.92 Å². The molecule has 0 fully saturated rings. The van der Waals surface area contributed by atoms with Gasteiger partial charge in [-0.3, -0.25) is 9.89 Å². The molecule has 0 aliphatic carbocycles. The highest BCUT2D eigenvalue weighted by molar-refractivity contribution is 6.08. The minimum atomic E-state index is -4.78. The Morgan fingerprint density at radius 3 is 2.44 bits per heavy atom. The monoisotopic (exact) mass is 447 g/mol. The predicted octanol–water partition coefficient (Wildman–Crippen LogP) is 5.05. The normalized spacial score (nSPS) is 11.5. The summed E-state index contributed by atoms with van der Waals surface area (Å²) in [5.74, 6) is -0.702. The first-order valence-corrected chi connectivity index (χ1v) is 9.52. The molecule has 0 unspecified atom stereocenters. The molecule has 0 aliphatic heterocycles. The number of halogens is 4. The number of H-pyrrole nitrogens is 1. The first-order chi connectivity index (χ1) is 15.2. The van der Waals surface area contributed by atoms with Crippen molar-refractivity contribution in [1.29, 1.82) is 0 Å². The number of amides is 1. The third-order valence-corrected chi connectivity index (χ3v) is 4.51. The third kappa shape index (κ3) is 4.36. The molecule has 11 heteroatoms. The van der Waals surface area contributed by atoms with Crippen LogP contribution in [0.15, 0.2) is 54.7 Å². The van der Waals surface area contributed by atoms with Crippen molar-refractivity contribution in [3.05, 3.63) is 66.1 Å². The van der Waals surface area contributed by atoms with Gasteiger partial charge in [-0.05, 0) is 55.5 Å². The number of carbonyl (C=O) groups is 1. The zero-order valence-electron chi connectivity index (χ0n) is 16.6. The number of aromatic amines is 1. The van der Waals surface area contributed by atoms with E-state index in [-0.39, 0.29) is 11.3 Å². The highest BCUT2D eigenvalue weighted by Crippen LogP contribution is 2.32. The fourth-order valence-corrected chi connectivity index (χ4v) is 3.17. The van der Waals surface area contributed by atoms with E-state index in [1.165, 1.54) is 54.7 Å². The number of aromatic nitrogens is 3. The Morgan fingerprint density at radius 1 is 1.12 bits per heavy atom. The van der Waals surface area contributed by atoms with Gasteiger partial charge in [0.15, 0.2) is 11.5 Å². The molecule has 4 rings (SSSR count). The Kier molecular flexibility index (Phi) is 5.47. The van der Waals surface area contributed by atoms with Gasteiger partial charge < -0.3 is 15.4 Å². The molecule has 0 aliphatic rings. The predicted molar refractivity (Wildman–Crippen MR) is 110 cm³/mol. The van der Waals surface area contributed by atoms with Crippen molar-refractivity contribution in [1.82, 2.24) is 14.6 Å². The lowest BCUT2D eigenvalue weighted by atomic mass is 10.1. The van der Waals surface area contributed by atoms with Crippen LogP contribution < -0.4 is 15.4 Å². The van der Waals surface area contributed by atoms with E-state index in [1.54, 1.807) is 4.52 Å². The molecule has 0 saturated carbocycles. The maximum atomic E-state index is 13.1. The van der Waals surface area contributed by atoms with E-state index in [2.05, 4.69) is 25.5 Å². The van der Waals surface area contributed by atoms with Crippen LogP contribution >= 0.6 is 0 Å². The van der Waals surface area contributed by atoms with Crippen molar-refractivity contribution in [2.75, 3.05) is 17.2 Å². The summed E-state index contributed by atoms with van der Waals surface area (Å²) in [7, 11) is 0. The van der Waals surface area contributed by atoms with Crippen LogP contribution in [0.2, 0.25) is 0 Å². The quantitative estimate of drug-likeness (QED) is 0.361. The van der Waals surface area contributed by atoms with Gasteiger partial charge in [0.2, 0.25) is 0 Å². The van der Waals surface area contributed by atoms with E-state index >= 15 is 0 Å². The Labute approximate surface area is 179 Å². The fourth-order valence-electron chi connectivity index (χ4n) is 3.17. The lowest BCUT2D eigenvalue weighted by Crippen LogP contribution is -2.16. The zero-order chi connectivity index (χ0) is 22.9. The molecular weight excluding hydrogens is 430 g/mol. The van der Waals surface area contributed by atoms with Crippen molar-refractivity contribution < 1.29 is 27.1 Å². The molecule has 0 radical (unpaired) electrons. The smallest absolute Gasteiger partial charge is 0.406 e. The van der Waals surface area contributed by atoms with Crippen LogP contribution in [-0.4, -0.2) is 33.4 Å². The summed E-state index contributed by atoms with van der Waals surface area (Å²) in [6.45, 7) is 2.40. The van der Waals surface area contributed by atoms with Gasteiger partial charge in [-0.15, -0.1) is 13.2 Å². The molecule has 3 N–H and O–H groups in total. The van der Waals surface area contributed by atoms with Crippen LogP contribution in [0, 0.1) is 5.82 Å². The topological polar surface area (TPSA) is 83.4 Å². The van der Waals surface area contributed by atoms with Crippen LogP contribution in [-0.2, 0) is 0 Å². The number of hydrogen-bond donors (Lipinski definition) is 3. The van der Waals surface area contributed by atoms with Crippen molar-refractivity contribution in [3.63, 3.8) is 0 Å². The van der Waals surface area contributed by atoms with E-state index in [9.17, 15) is 22.4 Å². The number of benzene rings is 2. The number of imidazole rings is 1. The molecule has 2 heterocycles. The summed E-state index contributed by atoms with van der Waals surface area (Å²) in [4.78, 5) is 17.3. The highest BCUT2D eigenvalue weighted by atomic mass is 19.4. The van der Waals surface area contributed by atoms with E-state index in [4.69, 9.17) is 0 Å². The van der Waals surface area contributed by atoms with Crippen LogP contribution in [0.1, 0.15) is 17.3 Å². The summed E-state index contributed by atoms with van der Waals surface area (Å²) in [5, 5.41) is 8.76. The Hall–Kier alpha value is -4.02. The molecule has 4 aromatic rings. The summed E-state index contributed by atoms with van der Waals surface area (Å²) in [5.41, 5.74) is 1.92. The van der Waals surface area contributed by atoms with Gasteiger partial charge >= 0.3 is 6.36 Å². The summed E-state index contributed by atoms with van der Waals surface area (Å²) < 4.78 is 55.8. The number of nitrogens with zero attached hydrogens (tertiary/aromatic N) is 2. The lowest BCUT2D eigenvalue weighted by Gasteiger charge is -2.09. The lowest BCUT2D eigenvalue weighted by molar-refractivity contribution is -0.274. The minimum Gasteiger partial charge on any atom is -0.406 e. The molecule has 2 aromatic carbocycles. The largest absolute Gasteiger partial charge is 0.573 e. The average Bonchev–Trinajstić information content (AvgIpc) is 3.30. The fraction of sp³-hybridized carbons (Fsp3) is 0.143. The van der Waals surface area contributed by atoms with Crippen LogP contribution in [0.4, 0.5) is 29.1 Å². The second-order valence-corrected chi connectivity index (χ2v) is 6.72. The molecule has 0 saturated heterocycles. The summed E-state index contributed by atoms with van der Waals surface area (Å²) >= 11 is 0. The maximum Gasteiger partial charge on any atom is 0.573 e. The molecule has 7 nitrogen and oxygen atoms in total. The second-order valence-electron chi connectivity index (χ2n) is 6.72. The first-order valence-electron chi connectivity index (χ1n) is 9.52. The SMILES string of the molecule is CCNc1c(-c2ccc(OC(F)(F)F)cc2)nc2c(C(=O)Nc3ccc(F)cc3)c[nH]n12. The average molecular weight is 447 g/mol. The summed E-state index contributed by atoms with van der Waals surface area (Å²) in [6, 6.07) is 10.6. The van der Waals surface area contributed by atoms with E-state index < -0.39 is 18.1 Å². The van der Waals surface area contributed by atoms with E-state index in [0.29, 0.717) is 35.0 Å². The van der Waals surface area contributed by atoms with Gasteiger partial charge in [0.1, 0.15) is 22.8 Å². The van der Waals surface area contributed by atoms with Crippen molar-refractivity contribution >= 4 is 23.1 Å². The van der Waals surface area contributed by atoms with E-state index in [0.717, 1.165) is 0 Å². The van der Waals surface area contributed by atoms with Crippen molar-refractivity contribution in [2.24, 2.45) is 0 Å². The molecule has 32 heavy (non-hydrogen) atoms. The minimum absolute atomic E-state index is 0.233. The third-order valence-electron chi connectivity index (χ3n) is 4.51. The molecule has 0 bridgehead atoms. The zero-order valence-corrected chi connectivity index (χ0v) is 16.6. The van der Waals surface area contributed by atoms with Gasteiger partial charge in [0.05, 0.1) is 0 Å². The van der Waals surface area contributed by atoms with Crippen LogP contribution in [0.3, 0.4) is 0 Å². The number of rotatable bonds is 6. The summed E-state index contributed by atoms with van der Waals surface area (Å²) in [6.07, 6.45) is -3.31. The van der Waals surface area contributed by atoms with Gasteiger partial charge in [0, 0.05) is 24.0 Å². The molecule has 2 aromatic heterocycles. The number of hydrogen-bond acceptors (Lipinski definition) is 4. The van der Waals surface area contributed by atoms with Crippen LogP contribution in [0.5, 0.6) is 5.75 Å². The Morgan fingerprint density at radius 2 is 1.81 bits per heavy atom. The molecule has 0 spiro atoms. The van der Waals surface area contributed by atoms with Gasteiger partial charge in [-0.2, -0.15) is 0 Å². The highest BCUT2D eigenvalue weighted by Gasteiger charge is 2.31. The maximum absolute atomic E-state index is 13.1. The van der Waals surface area contributed by atoms with Gasteiger partial charge in [-0.25, -0.2) is 13.9 Å². The number of anilines is 2. The molecule has 166 valence electrons. The molecule has 0 atom stereocenters. The number of ether oxygens (including phenoxy) is 1. The molecule has 1 amide bonds. The number of fused-ring (bicyclic) bond motifs is 1. The second kappa shape index (κ2) is 8.25. The molecular formula is C21H17F4N5O2. The van der Waals surface area contributed by atoms with Crippen molar-refractivity contribution in [3.8, 4) is 17.0 Å². The number of nitrogens with one attached hydrogen (secondary N) is 3. The van der Waals surface area contributed by atoms with Crippen molar-refractivity contribution in [2.45, 2.75) is 13.3 Å². The van der Waals surface area contributed by atoms with Crippen LogP contribution in [0.25, 0.3) is 16.9 Å². The number of alkyl halides is 3. The first kappa shape index (κ1) is 21.2. The van der Waals surface area contributed by atoms with Gasteiger partial charge in [-0.1, -0.05) is 0 Å². The Balaban J connectivity index is 1.68. The number of carbonyl (C=O) groups excluding carboxylic acids is 1. The standard InChI is InChI=1S/C21H17F4N5O2/c1-2-26-19-17(12-3-9-15(10-4-12)32-21(23,24)25)29-18-16(11-27-30(18)19)20(31)28-14-7-5-13(22)6-8-14/h3-11,26-27H,2H2,1H3,(H,28,31). The Bertz CT molecular complexity index is 1240. The van der Waals surface area contributed by atoms with Gasteiger partial charge in [0.25, 0.3) is 5.91 Å².